The fourth-order valence-electron chi connectivity index (χ4n) is 8.92. The number of ether oxygens (including phenoxy) is 1. The van der Waals surface area contributed by atoms with Crippen LogP contribution in [0.15, 0.2) is 36.5 Å². The second-order valence-corrected chi connectivity index (χ2v) is 20.0. The second kappa shape index (κ2) is 55.7. The molecule has 3 N–H and O–H groups in total. The standard InChI is InChI=1S/C60H113NO5/c1-3-5-7-9-11-13-15-17-18-19-20-21-22-23-25-29-32-36-40-44-48-52-58(63)57(56-62)61-59(64)53-49-45-41-37-33-30-26-24-27-31-35-39-43-47-51-55-66-60(65)54-50-46-42-38-34-28-16-14-12-10-8-6-4-2/h24,27,31,35,48,52,57-58,62-63H,3-23,25-26,28-30,32-34,36-47,49-51,53-56H2,1-2H3,(H,61,64)/b27-24-,35-31-,52-48+. The van der Waals surface area contributed by atoms with Gasteiger partial charge in [-0.2, -0.15) is 0 Å². The van der Waals surface area contributed by atoms with Crippen molar-refractivity contribution in [2.75, 3.05) is 13.2 Å². The number of carbonyl (C=O) groups excluding carboxylic acids is 2. The van der Waals surface area contributed by atoms with Crippen LogP contribution in [0.5, 0.6) is 0 Å². The zero-order valence-electron chi connectivity index (χ0n) is 44.2. The van der Waals surface area contributed by atoms with E-state index in [1.165, 1.54) is 205 Å². The molecule has 388 valence electrons. The summed E-state index contributed by atoms with van der Waals surface area (Å²) in [5, 5.41) is 23.2. The summed E-state index contributed by atoms with van der Waals surface area (Å²) in [6.07, 6.45) is 68.8. The lowest BCUT2D eigenvalue weighted by atomic mass is 10.0. The molecule has 0 aromatic carbocycles. The van der Waals surface area contributed by atoms with Crippen molar-refractivity contribution >= 4 is 11.9 Å². The van der Waals surface area contributed by atoms with Crippen LogP contribution in [-0.2, 0) is 14.3 Å². The van der Waals surface area contributed by atoms with Gasteiger partial charge in [-0.3, -0.25) is 9.59 Å². The SMILES string of the molecule is CCCCCCCCCCCCCCCCCCCCC/C=C/C(O)C(CO)NC(=O)CCCCCCCC/C=C\C=C/CCCCCOC(=O)CCCCCCCCCCCCCCC. The molecule has 2 atom stereocenters. The Balaban J connectivity index is 3.55. The summed E-state index contributed by atoms with van der Waals surface area (Å²) >= 11 is 0. The Labute approximate surface area is 411 Å². The Hall–Kier alpha value is -1.92. The van der Waals surface area contributed by atoms with Crippen LogP contribution in [0, 0.1) is 0 Å². The summed E-state index contributed by atoms with van der Waals surface area (Å²) < 4.78 is 5.44. The molecule has 0 aromatic rings. The Bertz CT molecular complexity index is 1070. The number of carbonyl (C=O) groups is 2. The molecule has 66 heavy (non-hydrogen) atoms. The molecule has 0 heterocycles. The quantitative estimate of drug-likeness (QED) is 0.0244. The summed E-state index contributed by atoms with van der Waals surface area (Å²) in [5.41, 5.74) is 0. The Morgan fingerprint density at radius 1 is 0.424 bits per heavy atom. The van der Waals surface area contributed by atoms with E-state index in [0.717, 1.165) is 77.0 Å². The molecular formula is C60H113NO5. The minimum Gasteiger partial charge on any atom is -0.466 e. The third-order valence-electron chi connectivity index (χ3n) is 13.4. The lowest BCUT2D eigenvalue weighted by molar-refractivity contribution is -0.143. The van der Waals surface area contributed by atoms with Crippen LogP contribution in [0.4, 0.5) is 0 Å². The second-order valence-electron chi connectivity index (χ2n) is 20.0. The van der Waals surface area contributed by atoms with Gasteiger partial charge in [-0.25, -0.2) is 0 Å². The van der Waals surface area contributed by atoms with Crippen molar-refractivity contribution in [3.63, 3.8) is 0 Å². The summed E-state index contributed by atoms with van der Waals surface area (Å²) in [7, 11) is 0. The van der Waals surface area contributed by atoms with Gasteiger partial charge in [0.05, 0.1) is 25.4 Å². The average Bonchev–Trinajstić information content (AvgIpc) is 3.32. The lowest BCUT2D eigenvalue weighted by Crippen LogP contribution is -2.45. The normalized spacial score (nSPS) is 12.8. The fourth-order valence-corrected chi connectivity index (χ4v) is 8.92. The molecule has 6 heteroatoms. The van der Waals surface area contributed by atoms with Crippen molar-refractivity contribution in [2.45, 2.75) is 321 Å². The molecule has 6 nitrogen and oxygen atoms in total. The highest BCUT2D eigenvalue weighted by Crippen LogP contribution is 2.17. The lowest BCUT2D eigenvalue weighted by Gasteiger charge is -2.20. The van der Waals surface area contributed by atoms with Gasteiger partial charge in [0.25, 0.3) is 0 Å². The maximum Gasteiger partial charge on any atom is 0.305 e. The van der Waals surface area contributed by atoms with Crippen LogP contribution < -0.4 is 5.32 Å². The van der Waals surface area contributed by atoms with E-state index in [0.29, 0.717) is 19.4 Å². The minimum absolute atomic E-state index is 0.0212. The first-order chi connectivity index (χ1) is 32.5. The van der Waals surface area contributed by atoms with Gasteiger partial charge in [-0.05, 0) is 64.2 Å². The Morgan fingerprint density at radius 3 is 1.12 bits per heavy atom. The summed E-state index contributed by atoms with van der Waals surface area (Å²) in [6, 6.07) is -0.645. The van der Waals surface area contributed by atoms with Gasteiger partial charge >= 0.3 is 5.97 Å². The average molecular weight is 929 g/mol. The van der Waals surface area contributed by atoms with Crippen molar-refractivity contribution in [1.82, 2.24) is 5.32 Å². The summed E-state index contributed by atoms with van der Waals surface area (Å²) in [5.74, 6) is -0.110. The van der Waals surface area contributed by atoms with Crippen molar-refractivity contribution in [2.24, 2.45) is 0 Å². The van der Waals surface area contributed by atoms with Gasteiger partial charge in [0, 0.05) is 12.8 Å². The summed E-state index contributed by atoms with van der Waals surface area (Å²) in [6.45, 7) is 4.86. The van der Waals surface area contributed by atoms with Crippen molar-refractivity contribution in [1.29, 1.82) is 0 Å². The van der Waals surface area contributed by atoms with Crippen LogP contribution in [0.1, 0.15) is 309 Å². The molecule has 0 aromatic heterocycles. The molecule has 0 bridgehead atoms. The highest BCUT2D eigenvalue weighted by molar-refractivity contribution is 5.76. The van der Waals surface area contributed by atoms with Gasteiger partial charge in [0.2, 0.25) is 5.91 Å². The Morgan fingerprint density at radius 2 is 0.742 bits per heavy atom. The number of esters is 1. The maximum absolute atomic E-state index is 12.5. The molecule has 2 unspecified atom stereocenters. The van der Waals surface area contributed by atoms with Crippen LogP contribution in [0.2, 0.25) is 0 Å². The van der Waals surface area contributed by atoms with E-state index in [1.807, 2.05) is 6.08 Å². The third-order valence-corrected chi connectivity index (χ3v) is 13.4. The van der Waals surface area contributed by atoms with E-state index in [9.17, 15) is 19.8 Å². The molecule has 0 aliphatic carbocycles. The number of allylic oxidation sites excluding steroid dienone is 5. The van der Waals surface area contributed by atoms with Crippen LogP contribution in [0.25, 0.3) is 0 Å². The van der Waals surface area contributed by atoms with Gasteiger partial charge in [-0.1, -0.05) is 269 Å². The van der Waals surface area contributed by atoms with Crippen molar-refractivity contribution in [3.05, 3.63) is 36.5 Å². The number of unbranched alkanes of at least 4 members (excludes halogenated alkanes) is 40. The zero-order chi connectivity index (χ0) is 47.9. The maximum atomic E-state index is 12.5. The van der Waals surface area contributed by atoms with Gasteiger partial charge in [-0.15, -0.1) is 0 Å². The van der Waals surface area contributed by atoms with Gasteiger partial charge in [0.15, 0.2) is 0 Å². The predicted molar refractivity (Wildman–Crippen MR) is 287 cm³/mol. The first-order valence-electron chi connectivity index (χ1n) is 29.3. The molecule has 1 amide bonds. The van der Waals surface area contributed by atoms with Crippen LogP contribution in [0.3, 0.4) is 0 Å². The number of nitrogens with one attached hydrogen (secondary N) is 1. The molecule has 0 fully saturated rings. The molecule has 0 spiro atoms. The largest absolute Gasteiger partial charge is 0.466 e. The molecule has 0 saturated carbocycles. The van der Waals surface area contributed by atoms with E-state index in [-0.39, 0.29) is 18.5 Å². The number of aliphatic hydroxyl groups excluding tert-OH is 2. The monoisotopic (exact) mass is 928 g/mol. The summed E-state index contributed by atoms with van der Waals surface area (Å²) in [4.78, 5) is 24.5. The van der Waals surface area contributed by atoms with Crippen molar-refractivity contribution < 1.29 is 24.5 Å². The van der Waals surface area contributed by atoms with Crippen LogP contribution >= 0.6 is 0 Å². The molecule has 0 aliphatic heterocycles. The molecule has 0 saturated heterocycles. The first kappa shape index (κ1) is 64.1. The van der Waals surface area contributed by atoms with Crippen molar-refractivity contribution in [3.8, 4) is 0 Å². The number of hydrogen-bond donors (Lipinski definition) is 3. The minimum atomic E-state index is -0.860. The molecular weight excluding hydrogens is 815 g/mol. The smallest absolute Gasteiger partial charge is 0.305 e. The number of hydrogen-bond acceptors (Lipinski definition) is 5. The first-order valence-corrected chi connectivity index (χ1v) is 29.3. The van der Waals surface area contributed by atoms with E-state index in [4.69, 9.17) is 4.74 Å². The van der Waals surface area contributed by atoms with E-state index in [2.05, 4.69) is 43.5 Å². The van der Waals surface area contributed by atoms with Gasteiger partial charge in [0.1, 0.15) is 0 Å². The number of amides is 1. The highest BCUT2D eigenvalue weighted by Gasteiger charge is 2.18. The van der Waals surface area contributed by atoms with Gasteiger partial charge < -0.3 is 20.3 Å². The predicted octanol–water partition coefficient (Wildman–Crippen LogP) is 18.0. The highest BCUT2D eigenvalue weighted by atomic mass is 16.5. The topological polar surface area (TPSA) is 95.9 Å². The van der Waals surface area contributed by atoms with E-state index in [1.54, 1.807) is 6.08 Å². The third kappa shape index (κ3) is 51.5. The zero-order valence-corrected chi connectivity index (χ0v) is 44.2. The number of rotatable bonds is 54. The fraction of sp³-hybridized carbons (Fsp3) is 0.867. The van der Waals surface area contributed by atoms with Crippen LogP contribution in [-0.4, -0.2) is 47.4 Å². The molecule has 0 aliphatic rings. The Kier molecular flexibility index (Phi) is 54.1. The number of aliphatic hydroxyl groups is 2. The molecule has 0 radical (unpaired) electrons. The van der Waals surface area contributed by atoms with E-state index < -0.39 is 12.1 Å². The van der Waals surface area contributed by atoms with E-state index >= 15 is 0 Å². The molecule has 0 rings (SSSR count).